The van der Waals surface area contributed by atoms with Gasteiger partial charge in [0.05, 0.1) is 16.9 Å². The Morgan fingerprint density at radius 3 is 1.58 bits per heavy atom. The molecule has 0 saturated carbocycles. The summed E-state index contributed by atoms with van der Waals surface area (Å²) in [6, 6.07) is 11.1. The summed E-state index contributed by atoms with van der Waals surface area (Å²) >= 11 is 5.68. The molecule has 0 amide bonds. The summed E-state index contributed by atoms with van der Waals surface area (Å²) in [5.74, 6) is 0.481. The third-order valence-electron chi connectivity index (χ3n) is 4.91. The van der Waals surface area contributed by atoms with E-state index < -0.39 is 20.2 Å². The van der Waals surface area contributed by atoms with E-state index in [0.717, 1.165) is 5.46 Å². The largest absolute Gasteiger partial charge is 0.497 e. The van der Waals surface area contributed by atoms with Crippen LogP contribution in [0.5, 0.6) is 5.75 Å². The maximum absolute atomic E-state index is 10.8. The molecule has 0 fully saturated rings. The molecule has 7 nitrogen and oxygen atoms in total. The van der Waals surface area contributed by atoms with Gasteiger partial charge in [-0.05, 0) is 74.2 Å². The average molecular weight is 544 g/mol. The molecule has 0 aliphatic carbocycles. The van der Waals surface area contributed by atoms with Gasteiger partial charge in [-0.25, -0.2) is 0 Å². The second kappa shape index (κ2) is 12.8. The van der Waals surface area contributed by atoms with Gasteiger partial charge in [0.25, 0.3) is 20.2 Å². The second-order valence-corrected chi connectivity index (χ2v) is 11.0. The van der Waals surface area contributed by atoms with Crippen LogP contribution in [0, 0.1) is 27.7 Å². The molecule has 3 aromatic carbocycles. The van der Waals surface area contributed by atoms with Gasteiger partial charge in [-0.2, -0.15) is 16.8 Å². The van der Waals surface area contributed by atoms with Crippen molar-refractivity contribution in [3.8, 4) is 5.75 Å². The molecule has 0 spiro atoms. The molecule has 0 atom stereocenters. The number of aryl methyl sites for hydroxylation is 4. The van der Waals surface area contributed by atoms with Crippen molar-refractivity contribution in [2.45, 2.75) is 37.5 Å². The zero-order valence-corrected chi connectivity index (χ0v) is 22.8. The summed E-state index contributed by atoms with van der Waals surface area (Å²) in [4.78, 5) is -0.606. The Balaban J connectivity index is 0.000000276. The van der Waals surface area contributed by atoms with Crippen molar-refractivity contribution in [3.05, 3.63) is 69.7 Å². The summed E-state index contributed by atoms with van der Waals surface area (Å²) in [6.45, 7) is 7.42. The van der Waals surface area contributed by atoms with Crippen molar-refractivity contribution in [2.24, 2.45) is 0 Å². The first-order chi connectivity index (χ1) is 16.4. The summed E-state index contributed by atoms with van der Waals surface area (Å²) < 4.78 is 65.7. The lowest BCUT2D eigenvalue weighted by Gasteiger charge is -2.09. The predicted molar refractivity (Wildman–Crippen MR) is 146 cm³/mol. The molecule has 0 bridgehead atoms. The van der Waals surface area contributed by atoms with Crippen LogP contribution in [0.25, 0.3) is 0 Å². The number of methoxy groups -OCH3 is 1. The molecular weight excluding hydrogens is 520 g/mol. The number of benzene rings is 3. The van der Waals surface area contributed by atoms with Gasteiger partial charge in [0.2, 0.25) is 0 Å². The van der Waals surface area contributed by atoms with Crippen LogP contribution in [0.1, 0.15) is 22.3 Å². The monoisotopic (exact) mass is 544 g/mol. The van der Waals surface area contributed by atoms with E-state index in [1.54, 1.807) is 13.8 Å². The number of halogens is 1. The summed E-state index contributed by atoms with van der Waals surface area (Å²) in [6.07, 6.45) is 0. The SMILES string of the molecule is [B]c1cc(Cl)c(C)cc1S(=O)(=O)O.[B]c1cc(OC)c(C)cc1S(=O)(=O)O.[B]c1ccc(C)c(C)c1. The Morgan fingerprint density at radius 1 is 0.694 bits per heavy atom. The van der Waals surface area contributed by atoms with Crippen molar-refractivity contribution >= 4 is 71.8 Å². The van der Waals surface area contributed by atoms with Crippen molar-refractivity contribution in [1.29, 1.82) is 0 Å². The molecule has 186 valence electrons. The van der Waals surface area contributed by atoms with E-state index in [1.165, 1.54) is 42.5 Å². The maximum atomic E-state index is 10.8. The van der Waals surface area contributed by atoms with Crippen LogP contribution >= 0.6 is 11.6 Å². The van der Waals surface area contributed by atoms with E-state index in [0.29, 0.717) is 21.9 Å². The van der Waals surface area contributed by atoms with Crippen LogP contribution in [0.15, 0.2) is 52.3 Å². The predicted octanol–water partition coefficient (Wildman–Crippen LogP) is 1.83. The molecular formula is C23H24B3ClO7S2. The molecule has 0 unspecified atom stereocenters. The highest BCUT2D eigenvalue weighted by Gasteiger charge is 2.15. The van der Waals surface area contributed by atoms with Crippen LogP contribution in [0.4, 0.5) is 0 Å². The maximum Gasteiger partial charge on any atom is 0.293 e. The van der Waals surface area contributed by atoms with Crippen molar-refractivity contribution < 1.29 is 30.7 Å². The van der Waals surface area contributed by atoms with E-state index in [-0.39, 0.29) is 20.7 Å². The summed E-state index contributed by atoms with van der Waals surface area (Å²) in [5, 5.41) is 0.366. The Labute approximate surface area is 222 Å². The van der Waals surface area contributed by atoms with E-state index in [4.69, 9.17) is 49.0 Å². The molecule has 36 heavy (non-hydrogen) atoms. The first-order valence-corrected chi connectivity index (χ1v) is 13.4. The minimum atomic E-state index is -4.26. The van der Waals surface area contributed by atoms with Crippen LogP contribution in [-0.4, -0.2) is 56.6 Å². The van der Waals surface area contributed by atoms with Gasteiger partial charge in [0.1, 0.15) is 29.3 Å². The van der Waals surface area contributed by atoms with Gasteiger partial charge in [-0.1, -0.05) is 46.2 Å². The third-order valence-corrected chi connectivity index (χ3v) is 7.13. The standard InChI is InChI=1S/C8H9BO4S.C8H9B.C7H6BClO3S/c1-5-3-8(14(10,11)12)6(9)4-7(5)13-2;1-6-3-4-8(9)5-7(6)2;1-4-2-7(13(10,11)12)5(8)3-6(4)9/h3-4H,1-2H3,(H,10,11,12);3-5H,1-2H3;2-3H,1H3,(H,10,11,12). The van der Waals surface area contributed by atoms with E-state index >= 15 is 0 Å². The van der Waals surface area contributed by atoms with E-state index in [9.17, 15) is 16.8 Å². The number of ether oxygens (including phenoxy) is 1. The molecule has 3 aromatic rings. The van der Waals surface area contributed by atoms with Crippen LogP contribution < -0.4 is 21.1 Å². The summed E-state index contributed by atoms with van der Waals surface area (Å²) in [7, 11) is 9.25. The third kappa shape index (κ3) is 9.33. The number of hydrogen-bond acceptors (Lipinski definition) is 5. The first-order valence-electron chi connectivity index (χ1n) is 10.2. The first kappa shape index (κ1) is 31.8. The van der Waals surface area contributed by atoms with Crippen molar-refractivity contribution in [3.63, 3.8) is 0 Å². The fourth-order valence-corrected chi connectivity index (χ4v) is 4.32. The zero-order chi connectivity index (χ0) is 28.0. The highest BCUT2D eigenvalue weighted by molar-refractivity contribution is 7.86. The Bertz CT molecular complexity index is 1460. The van der Waals surface area contributed by atoms with E-state index in [2.05, 4.69) is 13.8 Å². The molecule has 0 saturated heterocycles. The van der Waals surface area contributed by atoms with Crippen LogP contribution in [-0.2, 0) is 20.2 Å². The van der Waals surface area contributed by atoms with Crippen molar-refractivity contribution in [1.82, 2.24) is 0 Å². The van der Waals surface area contributed by atoms with Crippen LogP contribution in [0.2, 0.25) is 5.02 Å². The quantitative estimate of drug-likeness (QED) is 0.382. The number of hydrogen-bond donors (Lipinski definition) is 2. The lowest BCUT2D eigenvalue weighted by molar-refractivity contribution is 0.411. The fourth-order valence-electron chi connectivity index (χ4n) is 2.78. The average Bonchev–Trinajstić information content (AvgIpc) is 2.74. The van der Waals surface area contributed by atoms with Gasteiger partial charge >= 0.3 is 0 Å². The highest BCUT2D eigenvalue weighted by atomic mass is 35.5. The molecule has 3 rings (SSSR count). The Morgan fingerprint density at radius 2 is 1.17 bits per heavy atom. The lowest BCUT2D eigenvalue weighted by Crippen LogP contribution is -2.16. The summed E-state index contributed by atoms with van der Waals surface area (Å²) in [5.41, 5.74) is 4.45. The van der Waals surface area contributed by atoms with Crippen LogP contribution in [0.3, 0.4) is 0 Å². The molecule has 0 aliphatic heterocycles. The molecule has 6 radical (unpaired) electrons. The normalized spacial score (nSPS) is 11.0. The van der Waals surface area contributed by atoms with Gasteiger partial charge in [0.15, 0.2) is 0 Å². The lowest BCUT2D eigenvalue weighted by atomic mass is 9.93. The Kier molecular flexibility index (Phi) is 11.3. The number of rotatable bonds is 3. The Hall–Kier alpha value is -2.24. The topological polar surface area (TPSA) is 118 Å². The molecule has 0 aliphatic rings. The second-order valence-electron chi connectivity index (χ2n) is 7.79. The van der Waals surface area contributed by atoms with Gasteiger partial charge in [-0.3, -0.25) is 9.11 Å². The highest BCUT2D eigenvalue weighted by Crippen LogP contribution is 2.19. The van der Waals surface area contributed by atoms with Gasteiger partial charge in [0, 0.05) is 5.02 Å². The van der Waals surface area contributed by atoms with E-state index in [1.807, 2.05) is 18.2 Å². The van der Waals surface area contributed by atoms with Gasteiger partial charge in [-0.15, -0.1) is 0 Å². The molecule has 0 aromatic heterocycles. The zero-order valence-electron chi connectivity index (χ0n) is 20.4. The molecule has 0 heterocycles. The van der Waals surface area contributed by atoms with Gasteiger partial charge < -0.3 is 4.74 Å². The molecule has 13 heteroatoms. The van der Waals surface area contributed by atoms with Crippen molar-refractivity contribution in [2.75, 3.05) is 7.11 Å². The minimum absolute atomic E-state index is 0.0325. The fraction of sp³-hybridized carbons (Fsp3) is 0.217. The minimum Gasteiger partial charge on any atom is -0.497 e. The smallest absolute Gasteiger partial charge is 0.293 e. The molecule has 2 N–H and O–H groups in total.